The minimum atomic E-state index is -3.20. The molecule has 0 unspecified atom stereocenters. The predicted octanol–water partition coefficient (Wildman–Crippen LogP) is 0.932. The smallest absolute Gasteiger partial charge is 0.261 e. The molecule has 0 fully saturated rings. The molecular weight excluding hydrogens is 369 g/mol. The molecule has 1 aromatic rings. The zero-order chi connectivity index (χ0) is 13.5. The predicted molar refractivity (Wildman–Crippen MR) is 74.2 cm³/mol. The topological polar surface area (TPSA) is 71.5 Å². The first-order valence-corrected chi connectivity index (χ1v) is 8.27. The van der Waals surface area contributed by atoms with Crippen LogP contribution in [0.3, 0.4) is 0 Å². The Morgan fingerprint density at radius 1 is 1.17 bits per heavy atom. The highest BCUT2D eigenvalue weighted by molar-refractivity contribution is 14.1. The first-order chi connectivity index (χ1) is 8.29. The van der Waals surface area contributed by atoms with Gasteiger partial charge in [0.05, 0.1) is 16.9 Å². The molecule has 0 spiro atoms. The highest BCUT2D eigenvalue weighted by Crippen LogP contribution is 2.24. The Bertz CT molecular complexity index is 638. The molecule has 2 rings (SSSR count). The lowest BCUT2D eigenvalue weighted by Gasteiger charge is -2.12. The standard InChI is InChI=1S/C11H10INO4S/c1-18(16,17)5-4-13-10(14)8-3-2-7(12)6-9(8)11(13)15/h2-3,6H,4-5H2,1H3. The summed E-state index contributed by atoms with van der Waals surface area (Å²) >= 11 is 2.05. The van der Waals surface area contributed by atoms with Gasteiger partial charge in [0.2, 0.25) is 0 Å². The van der Waals surface area contributed by atoms with Gasteiger partial charge in [0.1, 0.15) is 9.84 Å². The van der Waals surface area contributed by atoms with Crippen molar-refractivity contribution in [3.05, 3.63) is 32.9 Å². The van der Waals surface area contributed by atoms with E-state index in [1.165, 1.54) is 0 Å². The zero-order valence-electron chi connectivity index (χ0n) is 9.51. The van der Waals surface area contributed by atoms with Gasteiger partial charge in [-0.25, -0.2) is 8.42 Å². The molecular formula is C11H10INO4S. The van der Waals surface area contributed by atoms with E-state index in [1.54, 1.807) is 18.2 Å². The number of imide groups is 1. The second-order valence-corrected chi connectivity index (χ2v) is 7.59. The molecule has 0 saturated heterocycles. The number of carbonyl (C=O) groups excluding carboxylic acids is 2. The number of halogens is 1. The van der Waals surface area contributed by atoms with Crippen molar-refractivity contribution in [3.63, 3.8) is 0 Å². The van der Waals surface area contributed by atoms with Crippen LogP contribution < -0.4 is 0 Å². The van der Waals surface area contributed by atoms with Crippen LogP contribution in [-0.4, -0.2) is 43.7 Å². The largest absolute Gasteiger partial charge is 0.273 e. The first-order valence-electron chi connectivity index (χ1n) is 5.13. The molecule has 7 heteroatoms. The van der Waals surface area contributed by atoms with Gasteiger partial charge in [-0.15, -0.1) is 0 Å². The van der Waals surface area contributed by atoms with Gasteiger partial charge in [-0.3, -0.25) is 14.5 Å². The average Bonchev–Trinajstić information content (AvgIpc) is 2.48. The minimum absolute atomic E-state index is 0.0955. The van der Waals surface area contributed by atoms with Crippen LogP contribution in [0.2, 0.25) is 0 Å². The van der Waals surface area contributed by atoms with Gasteiger partial charge in [-0.1, -0.05) is 0 Å². The lowest BCUT2D eigenvalue weighted by molar-refractivity contribution is 0.0664. The van der Waals surface area contributed by atoms with Crippen LogP contribution in [0.5, 0.6) is 0 Å². The van der Waals surface area contributed by atoms with Crippen molar-refractivity contribution in [1.82, 2.24) is 4.90 Å². The highest BCUT2D eigenvalue weighted by atomic mass is 127. The third-order valence-corrected chi connectivity index (χ3v) is 4.21. The molecule has 0 bridgehead atoms. The van der Waals surface area contributed by atoms with E-state index in [0.29, 0.717) is 11.1 Å². The molecule has 1 aromatic carbocycles. The van der Waals surface area contributed by atoms with E-state index in [-0.39, 0.29) is 12.3 Å². The average molecular weight is 379 g/mol. The van der Waals surface area contributed by atoms with Crippen LogP contribution >= 0.6 is 22.6 Å². The van der Waals surface area contributed by atoms with E-state index in [9.17, 15) is 18.0 Å². The van der Waals surface area contributed by atoms with Crippen LogP contribution in [0.1, 0.15) is 20.7 Å². The van der Waals surface area contributed by atoms with Gasteiger partial charge in [0.15, 0.2) is 0 Å². The number of carbonyl (C=O) groups is 2. The molecule has 96 valence electrons. The number of nitrogens with zero attached hydrogens (tertiary/aromatic N) is 1. The van der Waals surface area contributed by atoms with Crippen LogP contribution in [0, 0.1) is 3.57 Å². The van der Waals surface area contributed by atoms with Gasteiger partial charge >= 0.3 is 0 Å². The molecule has 0 aliphatic carbocycles. The molecule has 1 aliphatic rings. The number of amides is 2. The summed E-state index contributed by atoms with van der Waals surface area (Å²) in [7, 11) is -3.20. The number of hydrogen-bond donors (Lipinski definition) is 0. The van der Waals surface area contributed by atoms with Gasteiger partial charge in [-0.2, -0.15) is 0 Å². The van der Waals surface area contributed by atoms with E-state index in [2.05, 4.69) is 22.6 Å². The van der Waals surface area contributed by atoms with Gasteiger partial charge in [-0.05, 0) is 40.8 Å². The molecule has 1 aliphatic heterocycles. The number of hydrogen-bond acceptors (Lipinski definition) is 4. The Hall–Kier alpha value is -0.960. The van der Waals surface area contributed by atoms with Crippen LogP contribution in [-0.2, 0) is 9.84 Å². The maximum absolute atomic E-state index is 12.0. The quantitative estimate of drug-likeness (QED) is 0.579. The molecule has 0 atom stereocenters. The summed E-state index contributed by atoms with van der Waals surface area (Å²) in [5.41, 5.74) is 0.689. The molecule has 0 saturated carbocycles. The molecule has 0 aromatic heterocycles. The Morgan fingerprint density at radius 2 is 1.78 bits per heavy atom. The number of rotatable bonds is 3. The van der Waals surface area contributed by atoms with Crippen molar-refractivity contribution in [3.8, 4) is 0 Å². The third-order valence-electron chi connectivity index (χ3n) is 2.62. The molecule has 0 N–H and O–H groups in total. The summed E-state index contributed by atoms with van der Waals surface area (Å²) in [5.74, 6) is -1.05. The van der Waals surface area contributed by atoms with E-state index < -0.39 is 21.7 Å². The summed E-state index contributed by atoms with van der Waals surface area (Å²) in [5, 5.41) is 0. The fourth-order valence-corrected chi connectivity index (χ4v) is 2.73. The lowest BCUT2D eigenvalue weighted by Crippen LogP contribution is -2.34. The molecule has 2 amide bonds. The number of fused-ring (bicyclic) bond motifs is 1. The summed E-state index contributed by atoms with van der Waals surface area (Å²) in [6.07, 6.45) is 1.08. The maximum atomic E-state index is 12.0. The zero-order valence-corrected chi connectivity index (χ0v) is 12.5. The second-order valence-electron chi connectivity index (χ2n) is 4.08. The summed E-state index contributed by atoms with van der Waals surface area (Å²) in [6, 6.07) is 4.97. The van der Waals surface area contributed by atoms with Crippen molar-refractivity contribution in [2.24, 2.45) is 0 Å². The SMILES string of the molecule is CS(=O)(=O)CCN1C(=O)c2ccc(I)cc2C1=O. The van der Waals surface area contributed by atoms with Crippen molar-refractivity contribution >= 4 is 44.2 Å². The molecule has 18 heavy (non-hydrogen) atoms. The Balaban J connectivity index is 2.29. The molecule has 0 radical (unpaired) electrons. The van der Waals surface area contributed by atoms with Crippen molar-refractivity contribution in [2.45, 2.75) is 0 Å². The van der Waals surface area contributed by atoms with Crippen LogP contribution in [0.25, 0.3) is 0 Å². The molecule has 5 nitrogen and oxygen atoms in total. The van der Waals surface area contributed by atoms with Crippen LogP contribution in [0.15, 0.2) is 18.2 Å². The minimum Gasteiger partial charge on any atom is -0.273 e. The number of sulfone groups is 1. The number of benzene rings is 1. The van der Waals surface area contributed by atoms with Crippen molar-refractivity contribution < 1.29 is 18.0 Å². The summed E-state index contributed by atoms with van der Waals surface area (Å²) in [6.45, 7) is -0.0955. The molecule has 1 heterocycles. The lowest BCUT2D eigenvalue weighted by atomic mass is 10.1. The third kappa shape index (κ3) is 2.56. The highest BCUT2D eigenvalue weighted by Gasteiger charge is 2.35. The van der Waals surface area contributed by atoms with E-state index in [4.69, 9.17) is 0 Å². The van der Waals surface area contributed by atoms with Crippen molar-refractivity contribution in [2.75, 3.05) is 18.6 Å². The monoisotopic (exact) mass is 379 g/mol. The van der Waals surface area contributed by atoms with Gasteiger partial charge in [0, 0.05) is 16.4 Å². The van der Waals surface area contributed by atoms with E-state index >= 15 is 0 Å². The fourth-order valence-electron chi connectivity index (χ4n) is 1.72. The van der Waals surface area contributed by atoms with E-state index in [0.717, 1.165) is 14.7 Å². The van der Waals surface area contributed by atoms with Gasteiger partial charge < -0.3 is 0 Å². The van der Waals surface area contributed by atoms with Crippen molar-refractivity contribution in [1.29, 1.82) is 0 Å². The van der Waals surface area contributed by atoms with Crippen LogP contribution in [0.4, 0.5) is 0 Å². The van der Waals surface area contributed by atoms with E-state index in [1.807, 2.05) is 0 Å². The summed E-state index contributed by atoms with van der Waals surface area (Å²) < 4.78 is 23.0. The first kappa shape index (κ1) is 13.5. The Labute approximate surface area is 118 Å². The Morgan fingerprint density at radius 3 is 2.39 bits per heavy atom. The maximum Gasteiger partial charge on any atom is 0.261 e. The second kappa shape index (κ2) is 4.61. The summed E-state index contributed by atoms with van der Waals surface area (Å²) in [4.78, 5) is 24.9. The Kier molecular flexibility index (Phi) is 3.45. The van der Waals surface area contributed by atoms with Gasteiger partial charge in [0.25, 0.3) is 11.8 Å². The normalized spacial score (nSPS) is 15.1. The fraction of sp³-hybridized carbons (Fsp3) is 0.273.